The number of benzene rings is 2. The molecular formula is C24H27NO8. The molecule has 0 radical (unpaired) electrons. The molecule has 1 atom stereocenters. The van der Waals surface area contributed by atoms with Crippen molar-refractivity contribution >= 4 is 17.8 Å². The molecule has 9 nitrogen and oxygen atoms in total. The Kier molecular flexibility index (Phi) is 8.26. The van der Waals surface area contributed by atoms with Crippen LogP contribution in [0.1, 0.15) is 45.5 Å². The molecule has 1 heterocycles. The van der Waals surface area contributed by atoms with Crippen LogP contribution >= 0.6 is 0 Å². The Morgan fingerprint density at radius 2 is 1.73 bits per heavy atom. The Hall–Kier alpha value is -3.59. The van der Waals surface area contributed by atoms with Gasteiger partial charge in [-0.3, -0.25) is 4.79 Å². The number of ketones is 1. The molecule has 3 rings (SSSR count). The standard InChI is InChI=1S/C24H27NO8/c1-30-15-32-21-10-9-19(31-2)14-20(21)22(26)16-5-7-17(8-6-16)23(27)33-18-4-3-12-25(13-11-18)24(28)29/h5-10,14,18H,3-4,11-13,15H2,1-2H3,(H,28,29). The highest BCUT2D eigenvalue weighted by Gasteiger charge is 2.23. The minimum atomic E-state index is -0.964. The summed E-state index contributed by atoms with van der Waals surface area (Å²) in [6.45, 7) is 0.748. The average molecular weight is 457 g/mol. The van der Waals surface area contributed by atoms with E-state index in [1.54, 1.807) is 30.3 Å². The lowest BCUT2D eigenvalue weighted by atomic mass is 10.0. The molecule has 1 N–H and O–H groups in total. The fraction of sp³-hybridized carbons (Fsp3) is 0.375. The first kappa shape index (κ1) is 24.1. The van der Waals surface area contributed by atoms with Gasteiger partial charge in [0.05, 0.1) is 18.2 Å². The van der Waals surface area contributed by atoms with Gasteiger partial charge in [0.2, 0.25) is 0 Å². The summed E-state index contributed by atoms with van der Waals surface area (Å²) >= 11 is 0. The molecule has 0 aromatic heterocycles. The molecule has 1 aliphatic heterocycles. The number of carbonyl (C=O) groups excluding carboxylic acids is 2. The number of hydrogen-bond acceptors (Lipinski definition) is 7. The second-order valence-corrected chi connectivity index (χ2v) is 7.55. The third-order valence-corrected chi connectivity index (χ3v) is 5.37. The molecule has 1 saturated heterocycles. The molecule has 1 amide bonds. The van der Waals surface area contributed by atoms with Gasteiger partial charge >= 0.3 is 12.1 Å². The largest absolute Gasteiger partial charge is 0.497 e. The molecular weight excluding hydrogens is 430 g/mol. The summed E-state index contributed by atoms with van der Waals surface area (Å²) in [5.74, 6) is 0.0637. The molecule has 0 bridgehead atoms. The normalized spacial score (nSPS) is 15.9. The van der Waals surface area contributed by atoms with Crippen molar-refractivity contribution in [1.29, 1.82) is 0 Å². The highest BCUT2D eigenvalue weighted by Crippen LogP contribution is 2.27. The molecule has 0 saturated carbocycles. The number of amides is 1. The highest BCUT2D eigenvalue weighted by molar-refractivity contribution is 6.11. The zero-order valence-electron chi connectivity index (χ0n) is 18.6. The third kappa shape index (κ3) is 6.23. The zero-order chi connectivity index (χ0) is 23.8. The number of nitrogens with zero attached hydrogens (tertiary/aromatic N) is 1. The SMILES string of the molecule is COCOc1ccc(OC)cc1C(=O)c1ccc(C(=O)OC2CCCN(C(=O)O)CC2)cc1. The van der Waals surface area contributed by atoms with Gasteiger partial charge < -0.3 is 29.0 Å². The van der Waals surface area contributed by atoms with Crippen molar-refractivity contribution in [1.82, 2.24) is 4.90 Å². The Labute approximate surface area is 191 Å². The van der Waals surface area contributed by atoms with Crippen molar-refractivity contribution in [2.45, 2.75) is 25.4 Å². The smallest absolute Gasteiger partial charge is 0.407 e. The highest BCUT2D eigenvalue weighted by atomic mass is 16.7. The van der Waals surface area contributed by atoms with Crippen LogP contribution < -0.4 is 9.47 Å². The second-order valence-electron chi connectivity index (χ2n) is 7.55. The van der Waals surface area contributed by atoms with Crippen molar-refractivity contribution in [3.05, 3.63) is 59.2 Å². The van der Waals surface area contributed by atoms with Crippen LogP contribution in [0.4, 0.5) is 4.79 Å². The minimum absolute atomic E-state index is 0.0111. The summed E-state index contributed by atoms with van der Waals surface area (Å²) in [5, 5.41) is 9.12. The van der Waals surface area contributed by atoms with Gasteiger partial charge in [-0.1, -0.05) is 12.1 Å². The number of ether oxygens (including phenoxy) is 4. The summed E-state index contributed by atoms with van der Waals surface area (Å²) in [7, 11) is 2.99. The van der Waals surface area contributed by atoms with E-state index in [4.69, 9.17) is 24.1 Å². The van der Waals surface area contributed by atoms with Crippen LogP contribution in [0, 0.1) is 0 Å². The lowest BCUT2D eigenvalue weighted by molar-refractivity contribution is 0.0269. The van der Waals surface area contributed by atoms with Crippen LogP contribution in [0.15, 0.2) is 42.5 Å². The molecule has 1 aliphatic rings. The number of carboxylic acid groups (broad SMARTS) is 1. The summed E-state index contributed by atoms with van der Waals surface area (Å²) < 4.78 is 21.2. The predicted octanol–water partition coefficient (Wildman–Crippen LogP) is 3.60. The molecule has 1 unspecified atom stereocenters. The first-order chi connectivity index (χ1) is 15.9. The van der Waals surface area contributed by atoms with Gasteiger partial charge in [0.25, 0.3) is 0 Å². The molecule has 33 heavy (non-hydrogen) atoms. The van der Waals surface area contributed by atoms with E-state index in [0.717, 1.165) is 0 Å². The third-order valence-electron chi connectivity index (χ3n) is 5.37. The number of rotatable bonds is 8. The topological polar surface area (TPSA) is 112 Å². The Morgan fingerprint density at radius 3 is 2.39 bits per heavy atom. The van der Waals surface area contributed by atoms with Crippen LogP contribution in [0.2, 0.25) is 0 Å². The first-order valence-corrected chi connectivity index (χ1v) is 10.6. The average Bonchev–Trinajstić information content (AvgIpc) is 3.08. The quantitative estimate of drug-likeness (QED) is 0.364. The molecule has 9 heteroatoms. The molecule has 1 fully saturated rings. The predicted molar refractivity (Wildman–Crippen MR) is 118 cm³/mol. The van der Waals surface area contributed by atoms with E-state index in [1.165, 1.54) is 31.3 Å². The van der Waals surface area contributed by atoms with E-state index >= 15 is 0 Å². The van der Waals surface area contributed by atoms with Crippen LogP contribution in [0.3, 0.4) is 0 Å². The van der Waals surface area contributed by atoms with Gasteiger partial charge in [0.1, 0.15) is 17.6 Å². The Balaban J connectivity index is 1.69. The fourth-order valence-corrected chi connectivity index (χ4v) is 3.57. The maximum atomic E-state index is 13.1. The van der Waals surface area contributed by atoms with E-state index in [0.29, 0.717) is 60.5 Å². The zero-order valence-corrected chi connectivity index (χ0v) is 18.6. The van der Waals surface area contributed by atoms with Gasteiger partial charge in [0.15, 0.2) is 12.6 Å². The number of esters is 1. The maximum Gasteiger partial charge on any atom is 0.407 e. The van der Waals surface area contributed by atoms with Crippen LogP contribution in [0.5, 0.6) is 11.5 Å². The number of hydrogen-bond donors (Lipinski definition) is 1. The summed E-state index contributed by atoms with van der Waals surface area (Å²) in [6, 6.07) is 11.1. The Bertz CT molecular complexity index is 988. The number of carbonyl (C=O) groups is 3. The van der Waals surface area contributed by atoms with Crippen molar-refractivity contribution < 1.29 is 38.4 Å². The van der Waals surface area contributed by atoms with E-state index in [-0.39, 0.29) is 18.7 Å². The number of methoxy groups -OCH3 is 2. The Morgan fingerprint density at radius 1 is 1.00 bits per heavy atom. The molecule has 2 aromatic carbocycles. The van der Waals surface area contributed by atoms with Crippen LogP contribution in [-0.4, -0.2) is 68.1 Å². The van der Waals surface area contributed by atoms with Gasteiger partial charge in [-0.2, -0.15) is 0 Å². The van der Waals surface area contributed by atoms with E-state index in [1.807, 2.05) is 0 Å². The van der Waals surface area contributed by atoms with E-state index in [9.17, 15) is 14.4 Å². The number of likely N-dealkylation sites (tertiary alicyclic amines) is 1. The van der Waals surface area contributed by atoms with Crippen molar-refractivity contribution in [2.75, 3.05) is 34.1 Å². The van der Waals surface area contributed by atoms with Gasteiger partial charge in [-0.05, 0) is 43.2 Å². The first-order valence-electron chi connectivity index (χ1n) is 10.6. The molecule has 2 aromatic rings. The monoisotopic (exact) mass is 457 g/mol. The van der Waals surface area contributed by atoms with Crippen molar-refractivity contribution in [3.8, 4) is 11.5 Å². The van der Waals surface area contributed by atoms with Crippen molar-refractivity contribution in [2.24, 2.45) is 0 Å². The summed E-state index contributed by atoms with van der Waals surface area (Å²) in [4.78, 5) is 38.1. The molecule has 0 aliphatic carbocycles. The molecule has 176 valence electrons. The van der Waals surface area contributed by atoms with Gasteiger partial charge in [-0.15, -0.1) is 0 Å². The second kappa shape index (κ2) is 11.3. The van der Waals surface area contributed by atoms with Gasteiger partial charge in [0, 0.05) is 32.2 Å². The summed E-state index contributed by atoms with van der Waals surface area (Å²) in [6.07, 6.45) is 0.376. The summed E-state index contributed by atoms with van der Waals surface area (Å²) in [5.41, 5.74) is 0.990. The lowest BCUT2D eigenvalue weighted by Gasteiger charge is -2.17. The van der Waals surface area contributed by atoms with Crippen LogP contribution in [-0.2, 0) is 9.47 Å². The van der Waals surface area contributed by atoms with E-state index in [2.05, 4.69) is 0 Å². The van der Waals surface area contributed by atoms with E-state index < -0.39 is 12.1 Å². The molecule has 0 spiro atoms. The fourth-order valence-electron chi connectivity index (χ4n) is 3.57. The van der Waals surface area contributed by atoms with Crippen molar-refractivity contribution in [3.63, 3.8) is 0 Å². The lowest BCUT2D eigenvalue weighted by Crippen LogP contribution is -2.30. The maximum absolute atomic E-state index is 13.1. The minimum Gasteiger partial charge on any atom is -0.497 e. The van der Waals surface area contributed by atoms with Crippen LogP contribution in [0.25, 0.3) is 0 Å². The van der Waals surface area contributed by atoms with Gasteiger partial charge in [-0.25, -0.2) is 9.59 Å².